The fraction of sp³-hybridized carbons (Fsp3) is 0.800. The Labute approximate surface area is 134 Å². The first-order valence-electron chi connectivity index (χ1n) is 6.15. The van der Waals surface area contributed by atoms with Gasteiger partial charge in [-0.15, -0.1) is 16.5 Å². The van der Waals surface area contributed by atoms with E-state index in [9.17, 15) is 22.9 Å². The van der Waals surface area contributed by atoms with Gasteiger partial charge >= 0.3 is 6.03 Å². The molecule has 0 radical (unpaired) electrons. The van der Waals surface area contributed by atoms with E-state index in [2.05, 4.69) is 10.6 Å². The number of nitroso groups, excluding NO2 is 1. The van der Waals surface area contributed by atoms with Crippen LogP contribution in [0.1, 0.15) is 0 Å². The van der Waals surface area contributed by atoms with E-state index in [1.165, 1.54) is 28.2 Å². The first-order chi connectivity index (χ1) is 10.1. The van der Waals surface area contributed by atoms with Crippen LogP contribution >= 0.6 is 11.6 Å². The summed E-state index contributed by atoms with van der Waals surface area (Å²) in [4.78, 5) is 35.5. The predicted octanol–water partition coefficient (Wildman–Crippen LogP) is -0.734. The first kappa shape index (κ1) is 20.5. The summed E-state index contributed by atoms with van der Waals surface area (Å²) in [6.07, 6.45) is 0. The van der Waals surface area contributed by atoms with Crippen LogP contribution in [0.25, 0.3) is 0 Å². The largest absolute Gasteiger partial charge is 0.347 e. The Hall–Kier alpha value is -1.46. The van der Waals surface area contributed by atoms with Crippen molar-refractivity contribution in [2.45, 2.75) is 6.04 Å². The number of halogens is 1. The van der Waals surface area contributed by atoms with E-state index in [0.29, 0.717) is 5.01 Å². The topological polar surface area (TPSA) is 119 Å². The van der Waals surface area contributed by atoms with Gasteiger partial charge in [0, 0.05) is 34.1 Å². The van der Waals surface area contributed by atoms with E-state index < -0.39 is 33.8 Å². The predicted molar refractivity (Wildman–Crippen MR) is 81.7 cm³/mol. The second-order valence-corrected chi connectivity index (χ2v) is 7.29. The molecule has 10 nitrogen and oxygen atoms in total. The molecule has 0 saturated carbocycles. The standard InChI is InChI=1S/C10H20ClN5O5S/c1-14(2)9(17)8(7-22(20,21)15(3)4)12-10(18)16(13-19)6-5-11/h8H,5-7H2,1-4H3,(H,12,18). The molecule has 0 heterocycles. The molecule has 1 atom stereocenters. The molecule has 128 valence electrons. The number of hydrogen-bond donors (Lipinski definition) is 1. The minimum absolute atomic E-state index is 0.0402. The van der Waals surface area contributed by atoms with Crippen molar-refractivity contribution < 1.29 is 18.0 Å². The third kappa shape index (κ3) is 6.12. The van der Waals surface area contributed by atoms with Gasteiger partial charge in [-0.05, 0) is 0 Å². The summed E-state index contributed by atoms with van der Waals surface area (Å²) in [5.41, 5.74) is 0. The van der Waals surface area contributed by atoms with E-state index in [1.807, 2.05) is 0 Å². The monoisotopic (exact) mass is 357 g/mol. The van der Waals surface area contributed by atoms with Crippen LogP contribution in [0.3, 0.4) is 0 Å². The van der Waals surface area contributed by atoms with Crippen LogP contribution in [0, 0.1) is 4.91 Å². The van der Waals surface area contributed by atoms with Crippen molar-refractivity contribution in [1.29, 1.82) is 0 Å². The molecule has 12 heteroatoms. The number of alkyl halides is 1. The molecule has 3 amide bonds. The van der Waals surface area contributed by atoms with Gasteiger partial charge in [-0.2, -0.15) is 5.01 Å². The molecule has 0 aliphatic carbocycles. The Morgan fingerprint density at radius 2 is 1.77 bits per heavy atom. The summed E-state index contributed by atoms with van der Waals surface area (Å²) in [7, 11) is 1.69. The lowest BCUT2D eigenvalue weighted by Gasteiger charge is -2.24. The van der Waals surface area contributed by atoms with Crippen LogP contribution < -0.4 is 5.32 Å². The maximum absolute atomic E-state index is 12.0. The highest BCUT2D eigenvalue weighted by Crippen LogP contribution is 2.03. The molecule has 0 aromatic rings. The maximum atomic E-state index is 12.0. The lowest BCUT2D eigenvalue weighted by atomic mass is 10.3. The zero-order chi connectivity index (χ0) is 17.5. The Morgan fingerprint density at radius 1 is 1.23 bits per heavy atom. The lowest BCUT2D eigenvalue weighted by molar-refractivity contribution is -0.130. The molecule has 1 N–H and O–H groups in total. The highest BCUT2D eigenvalue weighted by molar-refractivity contribution is 7.89. The number of likely N-dealkylation sites (N-methyl/N-ethyl adjacent to an activating group) is 1. The summed E-state index contributed by atoms with van der Waals surface area (Å²) in [6, 6.07) is -2.35. The van der Waals surface area contributed by atoms with E-state index in [-0.39, 0.29) is 12.4 Å². The number of carbonyl (C=O) groups is 2. The number of urea groups is 1. The first-order valence-corrected chi connectivity index (χ1v) is 8.29. The molecule has 0 saturated heterocycles. The van der Waals surface area contributed by atoms with Crippen LogP contribution in [0.4, 0.5) is 4.79 Å². The van der Waals surface area contributed by atoms with Gasteiger partial charge in [-0.25, -0.2) is 17.5 Å². The minimum Gasteiger partial charge on any atom is -0.347 e. The van der Waals surface area contributed by atoms with E-state index in [4.69, 9.17) is 11.6 Å². The third-order valence-corrected chi connectivity index (χ3v) is 4.64. The Kier molecular flexibility index (Phi) is 8.27. The molecule has 0 aliphatic heterocycles. The van der Waals surface area contributed by atoms with Gasteiger partial charge in [0.15, 0.2) is 0 Å². The lowest BCUT2D eigenvalue weighted by Crippen LogP contribution is -2.54. The molecule has 0 aromatic heterocycles. The van der Waals surface area contributed by atoms with Crippen molar-refractivity contribution >= 4 is 33.6 Å². The Balaban J connectivity index is 5.23. The zero-order valence-electron chi connectivity index (χ0n) is 12.8. The number of carbonyl (C=O) groups excluding carboxylic acids is 2. The SMILES string of the molecule is CN(C)C(=O)C(CS(=O)(=O)N(C)C)NC(=O)N(CCCl)N=O. The van der Waals surface area contributed by atoms with Gasteiger partial charge in [0.05, 0.1) is 17.6 Å². The fourth-order valence-electron chi connectivity index (χ4n) is 1.33. The van der Waals surface area contributed by atoms with Gasteiger partial charge in [0.2, 0.25) is 15.9 Å². The number of nitrogens with one attached hydrogen (secondary N) is 1. The van der Waals surface area contributed by atoms with Crippen molar-refractivity contribution in [1.82, 2.24) is 19.5 Å². The van der Waals surface area contributed by atoms with Crippen LogP contribution in [-0.2, 0) is 14.8 Å². The molecule has 0 bridgehead atoms. The molecular formula is C10H20ClN5O5S. The summed E-state index contributed by atoms with van der Waals surface area (Å²) in [5, 5.41) is 5.13. The fourth-order valence-corrected chi connectivity index (χ4v) is 2.43. The average Bonchev–Trinajstić information content (AvgIpc) is 2.42. The summed E-state index contributed by atoms with van der Waals surface area (Å²) < 4.78 is 24.7. The second-order valence-electron chi connectivity index (χ2n) is 4.69. The van der Waals surface area contributed by atoms with Crippen molar-refractivity contribution in [3.63, 3.8) is 0 Å². The number of nitrogens with zero attached hydrogens (tertiary/aromatic N) is 4. The quantitative estimate of drug-likeness (QED) is 0.349. The van der Waals surface area contributed by atoms with Crippen molar-refractivity contribution in [3.8, 4) is 0 Å². The third-order valence-electron chi connectivity index (χ3n) is 2.60. The molecule has 0 rings (SSSR count). The number of amides is 3. The van der Waals surface area contributed by atoms with Gasteiger partial charge in [-0.1, -0.05) is 0 Å². The summed E-state index contributed by atoms with van der Waals surface area (Å²) >= 11 is 5.42. The zero-order valence-corrected chi connectivity index (χ0v) is 14.4. The number of hydrogen-bond acceptors (Lipinski definition) is 6. The van der Waals surface area contributed by atoms with E-state index in [1.54, 1.807) is 0 Å². The highest BCUT2D eigenvalue weighted by atomic mass is 35.5. The Bertz CT molecular complexity index is 510. The average molecular weight is 358 g/mol. The van der Waals surface area contributed by atoms with Gasteiger partial charge < -0.3 is 10.2 Å². The number of rotatable bonds is 8. The molecule has 0 aliphatic rings. The maximum Gasteiger partial charge on any atom is 0.341 e. The minimum atomic E-state index is -3.75. The molecule has 1 unspecified atom stereocenters. The van der Waals surface area contributed by atoms with Crippen LogP contribution in [-0.4, -0.2) is 87.0 Å². The molecular weight excluding hydrogens is 338 g/mol. The highest BCUT2D eigenvalue weighted by Gasteiger charge is 2.31. The normalized spacial score (nSPS) is 12.6. The van der Waals surface area contributed by atoms with Gasteiger partial charge in [0.1, 0.15) is 6.04 Å². The van der Waals surface area contributed by atoms with Gasteiger partial charge in [-0.3, -0.25) is 4.79 Å². The van der Waals surface area contributed by atoms with E-state index >= 15 is 0 Å². The molecule has 22 heavy (non-hydrogen) atoms. The molecule has 0 aromatic carbocycles. The molecule has 0 fully saturated rings. The van der Waals surface area contributed by atoms with Crippen LogP contribution in [0.15, 0.2) is 5.29 Å². The molecule has 0 spiro atoms. The van der Waals surface area contributed by atoms with E-state index in [0.717, 1.165) is 9.21 Å². The van der Waals surface area contributed by atoms with Crippen molar-refractivity contribution in [3.05, 3.63) is 4.91 Å². The smallest absolute Gasteiger partial charge is 0.341 e. The summed E-state index contributed by atoms with van der Waals surface area (Å²) in [6.45, 7) is -0.166. The van der Waals surface area contributed by atoms with Gasteiger partial charge in [0.25, 0.3) is 0 Å². The summed E-state index contributed by atoms with van der Waals surface area (Å²) in [5.74, 6) is -1.31. The van der Waals surface area contributed by atoms with Crippen LogP contribution in [0.2, 0.25) is 0 Å². The van der Waals surface area contributed by atoms with Crippen molar-refractivity contribution in [2.24, 2.45) is 5.29 Å². The number of sulfonamides is 1. The van der Waals surface area contributed by atoms with Crippen molar-refractivity contribution in [2.75, 3.05) is 46.4 Å². The Morgan fingerprint density at radius 3 is 2.14 bits per heavy atom. The van der Waals surface area contributed by atoms with Crippen LogP contribution in [0.5, 0.6) is 0 Å². The second kappa shape index (κ2) is 8.86.